The number of nitro groups is 1. The number of nitrogens with zero attached hydrogens (tertiary/aromatic N) is 3. The molecule has 0 unspecified atom stereocenters. The standard InChI is InChI=1S/C12H5Cl2N3O3/c13-7-1-2-8(14)11(5-7)20-12-4-3-10(17(18)19)9(6-15)16-12/h1-5H. The first kappa shape index (κ1) is 14.1. The first-order chi connectivity index (χ1) is 9.51. The second kappa shape index (κ2) is 5.74. The Kier molecular flexibility index (Phi) is 4.03. The fourth-order valence-corrected chi connectivity index (χ4v) is 1.71. The number of ether oxygens (including phenoxy) is 1. The molecule has 8 heteroatoms. The molecule has 1 aromatic heterocycles. The summed E-state index contributed by atoms with van der Waals surface area (Å²) in [7, 11) is 0. The van der Waals surface area contributed by atoms with Crippen molar-refractivity contribution >= 4 is 28.9 Å². The van der Waals surface area contributed by atoms with Crippen molar-refractivity contribution in [2.75, 3.05) is 0 Å². The van der Waals surface area contributed by atoms with Gasteiger partial charge >= 0.3 is 5.69 Å². The van der Waals surface area contributed by atoms with E-state index in [1.165, 1.54) is 18.2 Å². The van der Waals surface area contributed by atoms with Crippen molar-refractivity contribution in [3.63, 3.8) is 0 Å². The number of pyridine rings is 1. The highest BCUT2D eigenvalue weighted by atomic mass is 35.5. The average molecular weight is 310 g/mol. The molecule has 2 rings (SSSR count). The van der Waals surface area contributed by atoms with Crippen LogP contribution < -0.4 is 4.74 Å². The maximum atomic E-state index is 10.7. The van der Waals surface area contributed by atoms with Crippen LogP contribution >= 0.6 is 23.2 Å². The Morgan fingerprint density at radius 3 is 2.70 bits per heavy atom. The van der Waals surface area contributed by atoms with Gasteiger partial charge in [-0.3, -0.25) is 10.1 Å². The molecule has 0 bridgehead atoms. The lowest BCUT2D eigenvalue weighted by molar-refractivity contribution is -0.385. The highest BCUT2D eigenvalue weighted by Gasteiger charge is 2.16. The summed E-state index contributed by atoms with van der Waals surface area (Å²) in [6.07, 6.45) is 0. The number of nitriles is 1. The quantitative estimate of drug-likeness (QED) is 0.632. The van der Waals surface area contributed by atoms with Crippen LogP contribution in [0.25, 0.3) is 0 Å². The van der Waals surface area contributed by atoms with Crippen molar-refractivity contribution in [1.29, 1.82) is 5.26 Å². The van der Waals surface area contributed by atoms with Gasteiger partial charge < -0.3 is 4.74 Å². The maximum absolute atomic E-state index is 10.7. The lowest BCUT2D eigenvalue weighted by Crippen LogP contribution is -1.97. The minimum Gasteiger partial charge on any atom is -0.437 e. The van der Waals surface area contributed by atoms with Crippen LogP contribution in [-0.2, 0) is 0 Å². The smallest absolute Gasteiger partial charge is 0.305 e. The van der Waals surface area contributed by atoms with E-state index in [1.54, 1.807) is 12.1 Å². The third-order valence-electron chi connectivity index (χ3n) is 2.26. The van der Waals surface area contributed by atoms with E-state index in [0.29, 0.717) is 10.0 Å². The fourth-order valence-electron chi connectivity index (χ4n) is 1.39. The summed E-state index contributed by atoms with van der Waals surface area (Å²) in [5.74, 6) is 0.251. The zero-order valence-electron chi connectivity index (χ0n) is 9.71. The first-order valence-electron chi connectivity index (χ1n) is 5.19. The Balaban J connectivity index is 2.38. The monoisotopic (exact) mass is 309 g/mol. The molecule has 20 heavy (non-hydrogen) atoms. The molecular formula is C12H5Cl2N3O3. The summed E-state index contributed by atoms with van der Waals surface area (Å²) in [4.78, 5) is 13.7. The molecule has 1 heterocycles. The molecule has 0 amide bonds. The zero-order valence-corrected chi connectivity index (χ0v) is 11.2. The molecule has 0 aliphatic carbocycles. The van der Waals surface area contributed by atoms with Gasteiger partial charge in [0.25, 0.3) is 0 Å². The van der Waals surface area contributed by atoms with Crippen molar-refractivity contribution in [2.24, 2.45) is 0 Å². The van der Waals surface area contributed by atoms with Crippen LogP contribution in [0.1, 0.15) is 5.69 Å². The van der Waals surface area contributed by atoms with Crippen molar-refractivity contribution in [2.45, 2.75) is 0 Å². The topological polar surface area (TPSA) is 89.0 Å². The minimum atomic E-state index is -0.693. The molecule has 0 aliphatic rings. The van der Waals surface area contributed by atoms with Crippen LogP contribution in [0.4, 0.5) is 5.69 Å². The summed E-state index contributed by atoms with van der Waals surface area (Å²) in [5.41, 5.74) is -0.734. The van der Waals surface area contributed by atoms with E-state index >= 15 is 0 Å². The Labute approximate surface area is 123 Å². The Morgan fingerprint density at radius 1 is 1.30 bits per heavy atom. The van der Waals surface area contributed by atoms with Gasteiger partial charge in [-0.2, -0.15) is 10.2 Å². The Hall–Kier alpha value is -2.36. The number of rotatable bonds is 3. The SMILES string of the molecule is N#Cc1nc(Oc2cc(Cl)ccc2Cl)ccc1[N+](=O)[O-]. The second-order valence-corrected chi connectivity index (χ2v) is 4.41. The van der Waals surface area contributed by atoms with Crippen molar-refractivity contribution in [3.8, 4) is 17.7 Å². The number of aromatic nitrogens is 1. The number of hydrogen-bond donors (Lipinski definition) is 0. The lowest BCUT2D eigenvalue weighted by atomic mass is 10.3. The predicted molar refractivity (Wildman–Crippen MR) is 72.1 cm³/mol. The van der Waals surface area contributed by atoms with Crippen molar-refractivity contribution in [1.82, 2.24) is 4.98 Å². The summed E-state index contributed by atoms with van der Waals surface area (Å²) < 4.78 is 5.37. The number of halogens is 2. The normalized spacial score (nSPS) is 9.85. The summed E-state index contributed by atoms with van der Waals surface area (Å²) in [6, 6.07) is 8.64. The van der Waals surface area contributed by atoms with Crippen LogP contribution in [0, 0.1) is 21.4 Å². The lowest BCUT2D eigenvalue weighted by Gasteiger charge is -2.07. The highest BCUT2D eigenvalue weighted by Crippen LogP contribution is 2.32. The van der Waals surface area contributed by atoms with E-state index < -0.39 is 10.6 Å². The molecule has 0 saturated heterocycles. The van der Waals surface area contributed by atoms with Crippen LogP contribution in [0.15, 0.2) is 30.3 Å². The van der Waals surface area contributed by atoms with Crippen LogP contribution in [0.2, 0.25) is 10.0 Å². The molecule has 0 N–H and O–H groups in total. The van der Waals surface area contributed by atoms with E-state index in [2.05, 4.69) is 4.98 Å². The fraction of sp³-hybridized carbons (Fsp3) is 0. The van der Waals surface area contributed by atoms with Gasteiger partial charge in [0, 0.05) is 23.2 Å². The Bertz CT molecular complexity index is 728. The van der Waals surface area contributed by atoms with Crippen molar-refractivity contribution < 1.29 is 9.66 Å². The van der Waals surface area contributed by atoms with Gasteiger partial charge in [-0.15, -0.1) is 0 Å². The molecule has 0 spiro atoms. The van der Waals surface area contributed by atoms with Crippen LogP contribution in [-0.4, -0.2) is 9.91 Å². The highest BCUT2D eigenvalue weighted by molar-refractivity contribution is 6.34. The summed E-state index contributed by atoms with van der Waals surface area (Å²) in [6.45, 7) is 0. The average Bonchev–Trinajstić information content (AvgIpc) is 2.42. The van der Waals surface area contributed by atoms with Gasteiger partial charge in [-0.25, -0.2) is 0 Å². The number of benzene rings is 1. The molecule has 1 aromatic carbocycles. The van der Waals surface area contributed by atoms with Gasteiger partial charge in [0.2, 0.25) is 11.6 Å². The van der Waals surface area contributed by atoms with E-state index in [4.69, 9.17) is 33.2 Å². The van der Waals surface area contributed by atoms with Gasteiger partial charge in [-0.1, -0.05) is 23.2 Å². The van der Waals surface area contributed by atoms with Gasteiger partial charge in [0.05, 0.1) is 9.95 Å². The Morgan fingerprint density at radius 2 is 2.05 bits per heavy atom. The largest absolute Gasteiger partial charge is 0.437 e. The summed E-state index contributed by atoms with van der Waals surface area (Å²) in [5, 5.41) is 20.2. The molecule has 0 atom stereocenters. The van der Waals surface area contributed by atoms with E-state index in [9.17, 15) is 10.1 Å². The van der Waals surface area contributed by atoms with Gasteiger partial charge in [0.15, 0.2) is 0 Å². The molecule has 100 valence electrons. The van der Waals surface area contributed by atoms with E-state index in [0.717, 1.165) is 6.07 Å². The minimum absolute atomic E-state index is 0.0105. The predicted octanol–water partition coefficient (Wildman–Crippen LogP) is 3.96. The molecule has 0 fully saturated rings. The zero-order chi connectivity index (χ0) is 14.7. The number of hydrogen-bond acceptors (Lipinski definition) is 5. The molecular weight excluding hydrogens is 305 g/mol. The van der Waals surface area contributed by atoms with E-state index in [-0.39, 0.29) is 17.3 Å². The molecule has 6 nitrogen and oxygen atoms in total. The third kappa shape index (κ3) is 2.96. The van der Waals surface area contributed by atoms with Gasteiger partial charge in [0.1, 0.15) is 11.8 Å². The van der Waals surface area contributed by atoms with Crippen LogP contribution in [0.5, 0.6) is 11.6 Å². The van der Waals surface area contributed by atoms with Crippen molar-refractivity contribution in [3.05, 3.63) is 56.2 Å². The molecule has 2 aromatic rings. The van der Waals surface area contributed by atoms with E-state index in [1.807, 2.05) is 0 Å². The second-order valence-electron chi connectivity index (χ2n) is 3.56. The van der Waals surface area contributed by atoms with Crippen LogP contribution in [0.3, 0.4) is 0 Å². The first-order valence-corrected chi connectivity index (χ1v) is 5.95. The molecule has 0 aliphatic heterocycles. The van der Waals surface area contributed by atoms with Gasteiger partial charge in [-0.05, 0) is 12.1 Å². The maximum Gasteiger partial charge on any atom is 0.305 e. The third-order valence-corrected chi connectivity index (χ3v) is 2.81. The molecule has 0 saturated carbocycles. The summed E-state index contributed by atoms with van der Waals surface area (Å²) >= 11 is 11.7. The molecule has 0 radical (unpaired) electrons.